The van der Waals surface area contributed by atoms with E-state index in [1.807, 2.05) is 28.0 Å². The van der Waals surface area contributed by atoms with Crippen molar-refractivity contribution in [2.75, 3.05) is 6.54 Å². The number of nitrogens with zero attached hydrogens (tertiary/aromatic N) is 2. The molecule has 0 unspecified atom stereocenters. The van der Waals surface area contributed by atoms with Crippen LogP contribution < -0.4 is 0 Å². The maximum atomic E-state index is 13.0. The molecule has 0 bridgehead atoms. The molecule has 1 aliphatic heterocycles. The van der Waals surface area contributed by atoms with Gasteiger partial charge in [0.05, 0.1) is 0 Å². The Morgan fingerprint density at radius 1 is 1.04 bits per heavy atom. The van der Waals surface area contributed by atoms with E-state index >= 15 is 0 Å². The summed E-state index contributed by atoms with van der Waals surface area (Å²) in [6, 6.07) is 19.0. The predicted octanol–water partition coefficient (Wildman–Crippen LogP) is 4.08. The minimum absolute atomic E-state index is 0.137. The summed E-state index contributed by atoms with van der Waals surface area (Å²) in [4.78, 5) is 16.9. The summed E-state index contributed by atoms with van der Waals surface area (Å²) < 4.78 is 0. The lowest BCUT2D eigenvalue weighted by atomic mass is 10.0. The monoisotopic (exact) mass is 308 g/mol. The van der Waals surface area contributed by atoms with Crippen molar-refractivity contribution < 1.29 is 4.79 Å². The molecule has 3 heteroatoms. The predicted molar refractivity (Wildman–Crippen MR) is 93.1 cm³/mol. The first-order valence-corrected chi connectivity index (χ1v) is 8.31. The Hall–Kier alpha value is -2.29. The van der Waals surface area contributed by atoms with E-state index in [-0.39, 0.29) is 12.1 Å². The van der Waals surface area contributed by atoms with Crippen molar-refractivity contribution in [3.05, 3.63) is 71.3 Å². The highest BCUT2D eigenvalue weighted by molar-refractivity contribution is 5.75. The Morgan fingerprint density at radius 2 is 1.70 bits per heavy atom. The minimum Gasteiger partial charge on any atom is -0.320 e. The van der Waals surface area contributed by atoms with E-state index in [2.05, 4.69) is 50.2 Å². The van der Waals surface area contributed by atoms with Crippen LogP contribution in [0.15, 0.2) is 54.6 Å². The normalized spacial score (nSPS) is 13.8. The van der Waals surface area contributed by atoms with Gasteiger partial charge in [-0.3, -0.25) is 0 Å². The molecule has 2 aromatic rings. The molecule has 0 aromatic heterocycles. The third-order valence-electron chi connectivity index (χ3n) is 4.47. The molecule has 0 saturated carbocycles. The largest absolute Gasteiger partial charge is 0.320 e. The third kappa shape index (κ3) is 3.55. The van der Waals surface area contributed by atoms with E-state index in [1.165, 1.54) is 16.7 Å². The van der Waals surface area contributed by atoms with Crippen molar-refractivity contribution in [2.45, 2.75) is 39.4 Å². The van der Waals surface area contributed by atoms with Crippen LogP contribution in [0.3, 0.4) is 0 Å². The second kappa shape index (κ2) is 6.86. The van der Waals surface area contributed by atoms with Gasteiger partial charge in [-0.05, 0) is 37.0 Å². The Labute approximate surface area is 138 Å². The van der Waals surface area contributed by atoms with Gasteiger partial charge in [-0.1, -0.05) is 54.6 Å². The number of carbonyl (C=O) groups excluding carboxylic acids is 1. The van der Waals surface area contributed by atoms with Crippen LogP contribution in [-0.2, 0) is 19.5 Å². The summed E-state index contributed by atoms with van der Waals surface area (Å²) in [5.41, 5.74) is 3.82. The third-order valence-corrected chi connectivity index (χ3v) is 4.47. The highest BCUT2D eigenvalue weighted by Crippen LogP contribution is 2.21. The number of amides is 2. The molecule has 23 heavy (non-hydrogen) atoms. The molecular weight excluding hydrogens is 284 g/mol. The summed E-state index contributed by atoms with van der Waals surface area (Å²) in [7, 11) is 0. The molecule has 0 saturated heterocycles. The molecule has 2 aromatic carbocycles. The second-order valence-electron chi connectivity index (χ2n) is 6.43. The second-order valence-corrected chi connectivity index (χ2v) is 6.43. The first-order valence-electron chi connectivity index (χ1n) is 8.31. The molecule has 1 aliphatic rings. The summed E-state index contributed by atoms with van der Waals surface area (Å²) in [5, 5.41) is 0. The molecular formula is C20H24N2O. The van der Waals surface area contributed by atoms with Gasteiger partial charge in [0.2, 0.25) is 0 Å². The van der Waals surface area contributed by atoms with E-state index in [9.17, 15) is 4.79 Å². The fourth-order valence-corrected chi connectivity index (χ4v) is 3.09. The quantitative estimate of drug-likeness (QED) is 0.838. The molecule has 3 rings (SSSR count). The van der Waals surface area contributed by atoms with Crippen LogP contribution in [0.25, 0.3) is 0 Å². The molecule has 0 atom stereocenters. The maximum Gasteiger partial charge on any atom is 0.320 e. The molecule has 0 N–H and O–H groups in total. The topological polar surface area (TPSA) is 23.6 Å². The van der Waals surface area contributed by atoms with Crippen LogP contribution >= 0.6 is 0 Å². The minimum atomic E-state index is 0.137. The van der Waals surface area contributed by atoms with Crippen LogP contribution in [0.5, 0.6) is 0 Å². The van der Waals surface area contributed by atoms with Crippen molar-refractivity contribution in [1.29, 1.82) is 0 Å². The number of hydrogen-bond donors (Lipinski definition) is 0. The van der Waals surface area contributed by atoms with Crippen molar-refractivity contribution in [1.82, 2.24) is 9.80 Å². The van der Waals surface area contributed by atoms with E-state index in [0.29, 0.717) is 13.1 Å². The summed E-state index contributed by atoms with van der Waals surface area (Å²) in [6.07, 6.45) is 0.944. The number of carbonyl (C=O) groups is 1. The Morgan fingerprint density at radius 3 is 2.39 bits per heavy atom. The van der Waals surface area contributed by atoms with Crippen molar-refractivity contribution in [3.63, 3.8) is 0 Å². The number of hydrogen-bond acceptors (Lipinski definition) is 1. The van der Waals surface area contributed by atoms with Gasteiger partial charge in [0.25, 0.3) is 0 Å². The standard InChI is InChI=1S/C20H24N2O/c1-16(2)22(14-17-8-4-3-5-9-17)20(23)21-13-12-18-10-6-7-11-19(18)15-21/h3-11,16H,12-15H2,1-2H3. The van der Waals surface area contributed by atoms with Crippen LogP contribution in [-0.4, -0.2) is 28.4 Å². The highest BCUT2D eigenvalue weighted by atomic mass is 16.2. The zero-order chi connectivity index (χ0) is 16.2. The van der Waals surface area contributed by atoms with Crippen LogP contribution in [0.4, 0.5) is 4.79 Å². The van der Waals surface area contributed by atoms with Crippen molar-refractivity contribution in [2.24, 2.45) is 0 Å². The SMILES string of the molecule is CC(C)N(Cc1ccccc1)C(=O)N1CCc2ccccc2C1. The number of rotatable bonds is 3. The van der Waals surface area contributed by atoms with Gasteiger partial charge >= 0.3 is 6.03 Å². The number of fused-ring (bicyclic) bond motifs is 1. The molecule has 0 aliphatic carbocycles. The van der Waals surface area contributed by atoms with Gasteiger partial charge in [-0.2, -0.15) is 0 Å². The fourth-order valence-electron chi connectivity index (χ4n) is 3.09. The molecule has 0 radical (unpaired) electrons. The molecule has 3 nitrogen and oxygen atoms in total. The zero-order valence-electron chi connectivity index (χ0n) is 13.9. The highest BCUT2D eigenvalue weighted by Gasteiger charge is 2.26. The van der Waals surface area contributed by atoms with Crippen molar-refractivity contribution in [3.8, 4) is 0 Å². The summed E-state index contributed by atoms with van der Waals surface area (Å²) in [5.74, 6) is 0. The van der Waals surface area contributed by atoms with Gasteiger partial charge in [-0.25, -0.2) is 4.79 Å². The van der Waals surface area contributed by atoms with E-state index in [0.717, 1.165) is 13.0 Å². The van der Waals surface area contributed by atoms with Crippen LogP contribution in [0.2, 0.25) is 0 Å². The van der Waals surface area contributed by atoms with E-state index in [4.69, 9.17) is 0 Å². The van der Waals surface area contributed by atoms with Gasteiger partial charge in [0.1, 0.15) is 0 Å². The lowest BCUT2D eigenvalue weighted by molar-refractivity contribution is 0.132. The first kappa shape index (κ1) is 15.6. The molecule has 0 spiro atoms. The van der Waals surface area contributed by atoms with Crippen molar-refractivity contribution >= 4 is 6.03 Å². The van der Waals surface area contributed by atoms with Gasteiger partial charge in [-0.15, -0.1) is 0 Å². The van der Waals surface area contributed by atoms with Gasteiger partial charge in [0, 0.05) is 25.7 Å². The smallest absolute Gasteiger partial charge is 0.320 e. The van der Waals surface area contributed by atoms with E-state index < -0.39 is 0 Å². The lowest BCUT2D eigenvalue weighted by Crippen LogP contribution is -2.47. The summed E-state index contributed by atoms with van der Waals surface area (Å²) >= 11 is 0. The molecule has 1 heterocycles. The van der Waals surface area contributed by atoms with Gasteiger partial charge < -0.3 is 9.80 Å². The molecule has 120 valence electrons. The fraction of sp³-hybridized carbons (Fsp3) is 0.350. The lowest BCUT2D eigenvalue weighted by Gasteiger charge is -2.36. The number of benzene rings is 2. The zero-order valence-corrected chi connectivity index (χ0v) is 13.9. The molecule has 0 fully saturated rings. The Balaban J connectivity index is 1.74. The number of urea groups is 1. The van der Waals surface area contributed by atoms with E-state index in [1.54, 1.807) is 0 Å². The average Bonchev–Trinajstić information content (AvgIpc) is 2.59. The Kier molecular flexibility index (Phi) is 4.65. The maximum absolute atomic E-state index is 13.0. The Bertz CT molecular complexity index is 666. The van der Waals surface area contributed by atoms with Crippen LogP contribution in [0.1, 0.15) is 30.5 Å². The average molecular weight is 308 g/mol. The van der Waals surface area contributed by atoms with Crippen LogP contribution in [0, 0.1) is 0 Å². The molecule has 2 amide bonds. The van der Waals surface area contributed by atoms with Gasteiger partial charge in [0.15, 0.2) is 0 Å². The first-order chi connectivity index (χ1) is 11.1. The summed E-state index contributed by atoms with van der Waals surface area (Å²) in [6.45, 7) is 6.34.